The Bertz CT molecular complexity index is 727. The maximum atomic E-state index is 13.5. The fourth-order valence-electron chi connectivity index (χ4n) is 2.76. The van der Waals surface area contributed by atoms with Gasteiger partial charge in [-0.05, 0) is 37.0 Å². The van der Waals surface area contributed by atoms with Crippen LogP contribution in [0.5, 0.6) is 0 Å². The van der Waals surface area contributed by atoms with Gasteiger partial charge in [0, 0.05) is 30.1 Å². The maximum absolute atomic E-state index is 13.5. The fourth-order valence-corrected chi connectivity index (χ4v) is 3.56. The molecule has 0 bridgehead atoms. The van der Waals surface area contributed by atoms with Gasteiger partial charge in [0.25, 0.3) is 0 Å². The van der Waals surface area contributed by atoms with Crippen LogP contribution in [0.1, 0.15) is 35.2 Å². The number of guanidine groups is 1. The quantitative estimate of drug-likeness (QED) is 0.380. The zero-order valence-electron chi connectivity index (χ0n) is 14.5. The third-order valence-corrected chi connectivity index (χ3v) is 5.61. The zero-order chi connectivity index (χ0) is 17.0. The van der Waals surface area contributed by atoms with Crippen LogP contribution >= 0.6 is 35.3 Å². The van der Waals surface area contributed by atoms with Crippen LogP contribution in [0.25, 0.3) is 0 Å². The first-order chi connectivity index (χ1) is 11.6. The molecule has 4 nitrogen and oxygen atoms in total. The number of hydrogen-bond donors (Lipinski definition) is 2. The second kappa shape index (κ2) is 8.93. The molecule has 3 rings (SSSR count). The third kappa shape index (κ3) is 5.13. The highest BCUT2D eigenvalue weighted by Crippen LogP contribution is 2.47. The molecule has 1 heterocycles. The molecular formula is C18H24FIN4S. The molecular weight excluding hydrogens is 450 g/mol. The molecule has 1 aromatic carbocycles. The van der Waals surface area contributed by atoms with Gasteiger partial charge in [0.1, 0.15) is 10.8 Å². The average Bonchev–Trinajstić information content (AvgIpc) is 3.25. The summed E-state index contributed by atoms with van der Waals surface area (Å²) in [5.74, 6) is 0.586. The van der Waals surface area contributed by atoms with Crippen LogP contribution in [-0.2, 0) is 18.4 Å². The topological polar surface area (TPSA) is 49.3 Å². The molecule has 0 unspecified atom stereocenters. The lowest BCUT2D eigenvalue weighted by molar-refractivity contribution is 0.607. The molecule has 7 heteroatoms. The highest BCUT2D eigenvalue weighted by atomic mass is 127. The van der Waals surface area contributed by atoms with Gasteiger partial charge in [0.05, 0.1) is 6.54 Å². The minimum atomic E-state index is -0.170. The number of rotatable bonds is 6. The predicted octanol–water partition coefficient (Wildman–Crippen LogP) is 3.86. The van der Waals surface area contributed by atoms with Crippen molar-refractivity contribution in [3.8, 4) is 0 Å². The van der Waals surface area contributed by atoms with Crippen molar-refractivity contribution in [2.24, 2.45) is 4.99 Å². The highest BCUT2D eigenvalue weighted by molar-refractivity contribution is 14.0. The minimum absolute atomic E-state index is 0. The molecule has 2 aromatic rings. The Morgan fingerprint density at radius 3 is 2.76 bits per heavy atom. The van der Waals surface area contributed by atoms with Crippen LogP contribution in [-0.4, -0.2) is 24.5 Å². The molecule has 2 N–H and O–H groups in total. The summed E-state index contributed by atoms with van der Waals surface area (Å²) in [6, 6.07) is 6.93. The van der Waals surface area contributed by atoms with E-state index >= 15 is 0 Å². The van der Waals surface area contributed by atoms with Gasteiger partial charge in [-0.25, -0.2) is 9.37 Å². The molecule has 25 heavy (non-hydrogen) atoms. The van der Waals surface area contributed by atoms with Gasteiger partial charge in [0.15, 0.2) is 5.96 Å². The summed E-state index contributed by atoms with van der Waals surface area (Å²) in [6.45, 7) is 3.55. The largest absolute Gasteiger partial charge is 0.356 e. The zero-order valence-corrected chi connectivity index (χ0v) is 17.7. The molecule has 0 radical (unpaired) electrons. The van der Waals surface area contributed by atoms with Gasteiger partial charge in [0.2, 0.25) is 0 Å². The van der Waals surface area contributed by atoms with Crippen molar-refractivity contribution in [3.05, 3.63) is 51.7 Å². The van der Waals surface area contributed by atoms with Crippen LogP contribution in [0, 0.1) is 5.82 Å². The SMILES string of the molecule is CCc1cnc(CNC(=NC)NCC2(c3cccc(F)c3)CC2)s1.I. The van der Waals surface area contributed by atoms with Crippen molar-refractivity contribution in [1.29, 1.82) is 0 Å². The Morgan fingerprint density at radius 2 is 2.16 bits per heavy atom. The van der Waals surface area contributed by atoms with Crippen molar-refractivity contribution in [2.75, 3.05) is 13.6 Å². The summed E-state index contributed by atoms with van der Waals surface area (Å²) < 4.78 is 13.5. The molecule has 1 aliphatic carbocycles. The predicted molar refractivity (Wildman–Crippen MR) is 112 cm³/mol. The Hall–Kier alpha value is -1.22. The van der Waals surface area contributed by atoms with E-state index in [-0.39, 0.29) is 35.2 Å². The van der Waals surface area contributed by atoms with Gasteiger partial charge in [-0.2, -0.15) is 0 Å². The van der Waals surface area contributed by atoms with E-state index in [0.717, 1.165) is 42.3 Å². The van der Waals surface area contributed by atoms with E-state index in [1.165, 1.54) is 10.9 Å². The third-order valence-electron chi connectivity index (χ3n) is 4.47. The summed E-state index contributed by atoms with van der Waals surface area (Å²) in [7, 11) is 1.76. The van der Waals surface area contributed by atoms with Gasteiger partial charge in [-0.15, -0.1) is 35.3 Å². The molecule has 1 aliphatic rings. The second-order valence-corrected chi connectivity index (χ2v) is 7.34. The van der Waals surface area contributed by atoms with Crippen molar-refractivity contribution in [3.63, 3.8) is 0 Å². The monoisotopic (exact) mass is 474 g/mol. The van der Waals surface area contributed by atoms with Crippen LogP contribution in [0.3, 0.4) is 0 Å². The molecule has 1 aromatic heterocycles. The van der Waals surface area contributed by atoms with Gasteiger partial charge >= 0.3 is 0 Å². The Labute approximate surface area is 169 Å². The Balaban J connectivity index is 0.00000225. The van der Waals surface area contributed by atoms with Crippen molar-refractivity contribution >= 4 is 41.3 Å². The number of aryl methyl sites for hydroxylation is 1. The molecule has 136 valence electrons. The van der Waals surface area contributed by atoms with Crippen LogP contribution in [0.15, 0.2) is 35.5 Å². The first-order valence-corrected chi connectivity index (χ1v) is 9.11. The summed E-state index contributed by atoms with van der Waals surface area (Å²) in [4.78, 5) is 9.96. The van der Waals surface area contributed by atoms with Gasteiger partial charge < -0.3 is 10.6 Å². The molecule has 1 saturated carbocycles. The molecule has 0 amide bonds. The summed E-state index contributed by atoms with van der Waals surface area (Å²) >= 11 is 1.72. The Morgan fingerprint density at radius 1 is 1.36 bits per heavy atom. The summed E-state index contributed by atoms with van der Waals surface area (Å²) in [5, 5.41) is 7.73. The lowest BCUT2D eigenvalue weighted by Crippen LogP contribution is -2.40. The molecule has 0 atom stereocenters. The second-order valence-electron chi connectivity index (χ2n) is 6.14. The first kappa shape index (κ1) is 20.1. The van der Waals surface area contributed by atoms with Crippen LogP contribution in [0.2, 0.25) is 0 Å². The number of aliphatic imine (C=N–C) groups is 1. The standard InChI is InChI=1S/C18H23FN4S.HI/c1-3-15-10-21-16(24-15)11-22-17(20-2)23-12-18(7-8-18)13-5-4-6-14(19)9-13;/h4-6,9-10H,3,7-8,11-12H2,1-2H3,(H2,20,22,23);1H. The van der Waals surface area contributed by atoms with Crippen LogP contribution < -0.4 is 10.6 Å². The molecule has 0 spiro atoms. The molecule has 0 aliphatic heterocycles. The van der Waals surface area contributed by atoms with Gasteiger partial charge in [-0.1, -0.05) is 19.1 Å². The van der Waals surface area contributed by atoms with E-state index in [2.05, 4.69) is 27.5 Å². The summed E-state index contributed by atoms with van der Waals surface area (Å²) in [5.41, 5.74) is 1.11. The number of benzene rings is 1. The molecule has 1 fully saturated rings. The first-order valence-electron chi connectivity index (χ1n) is 8.29. The van der Waals surface area contributed by atoms with Crippen molar-refractivity contribution < 1.29 is 4.39 Å². The number of thiazole rings is 1. The Kier molecular flexibility index (Phi) is 7.18. The van der Waals surface area contributed by atoms with Crippen molar-refractivity contribution in [2.45, 2.75) is 38.1 Å². The maximum Gasteiger partial charge on any atom is 0.191 e. The number of aromatic nitrogens is 1. The van der Waals surface area contributed by atoms with Crippen LogP contribution in [0.4, 0.5) is 4.39 Å². The number of nitrogens with one attached hydrogen (secondary N) is 2. The van der Waals surface area contributed by atoms with Crippen molar-refractivity contribution in [1.82, 2.24) is 15.6 Å². The van der Waals surface area contributed by atoms with E-state index in [1.807, 2.05) is 12.3 Å². The minimum Gasteiger partial charge on any atom is -0.356 e. The number of nitrogens with zero attached hydrogens (tertiary/aromatic N) is 2. The van der Waals surface area contributed by atoms with Gasteiger partial charge in [-0.3, -0.25) is 4.99 Å². The smallest absolute Gasteiger partial charge is 0.191 e. The average molecular weight is 474 g/mol. The van der Waals surface area contributed by atoms with E-state index < -0.39 is 0 Å². The number of halogens is 2. The van der Waals surface area contributed by atoms with E-state index in [0.29, 0.717) is 6.54 Å². The number of hydrogen-bond acceptors (Lipinski definition) is 3. The lowest BCUT2D eigenvalue weighted by atomic mass is 9.96. The lowest BCUT2D eigenvalue weighted by Gasteiger charge is -2.19. The van der Waals surface area contributed by atoms with E-state index in [4.69, 9.17) is 0 Å². The van der Waals surface area contributed by atoms with E-state index in [9.17, 15) is 4.39 Å². The van der Waals surface area contributed by atoms with E-state index in [1.54, 1.807) is 30.5 Å². The normalized spacial score (nSPS) is 15.4. The summed E-state index contributed by atoms with van der Waals surface area (Å²) in [6.07, 6.45) is 5.10. The fraction of sp³-hybridized carbons (Fsp3) is 0.444. The highest BCUT2D eigenvalue weighted by Gasteiger charge is 2.44. The molecule has 0 saturated heterocycles.